The Hall–Kier alpha value is -4.07. The van der Waals surface area contributed by atoms with Gasteiger partial charge in [0.1, 0.15) is 5.54 Å². The lowest BCUT2D eigenvalue weighted by atomic mass is 9.84. The molecule has 1 amide bonds. The van der Waals surface area contributed by atoms with Crippen LogP contribution in [-0.2, 0) is 37.0 Å². The van der Waals surface area contributed by atoms with Gasteiger partial charge in [0, 0.05) is 38.3 Å². The molecule has 2 heterocycles. The first-order valence-electron chi connectivity index (χ1n) is 12.3. The van der Waals surface area contributed by atoms with Crippen molar-refractivity contribution in [3.05, 3.63) is 40.8 Å². The third-order valence-electron chi connectivity index (χ3n) is 6.19. The second kappa shape index (κ2) is 14.0. The number of carboxylic acid groups (broad SMARTS) is 2. The van der Waals surface area contributed by atoms with Gasteiger partial charge >= 0.3 is 23.6 Å². The van der Waals surface area contributed by atoms with E-state index in [0.29, 0.717) is 51.3 Å². The smallest absolute Gasteiger partial charge is 0.414 e. The van der Waals surface area contributed by atoms with Crippen LogP contribution in [-0.4, -0.2) is 91.0 Å². The molecule has 1 aromatic heterocycles. The summed E-state index contributed by atoms with van der Waals surface area (Å²) in [7, 11) is 1.36. The molecule has 3 rings (SSSR count). The number of esters is 1. The van der Waals surface area contributed by atoms with Crippen LogP contribution in [0.1, 0.15) is 39.5 Å². The van der Waals surface area contributed by atoms with Gasteiger partial charge in [0.15, 0.2) is 0 Å². The number of likely N-dealkylation sites (tertiary alicyclic amines) is 1. The van der Waals surface area contributed by atoms with E-state index < -0.39 is 23.4 Å². The highest BCUT2D eigenvalue weighted by atomic mass is 16.5. The summed E-state index contributed by atoms with van der Waals surface area (Å²) < 4.78 is 7.92. The maximum Gasteiger partial charge on any atom is 0.414 e. The van der Waals surface area contributed by atoms with Gasteiger partial charge in [-0.25, -0.2) is 19.2 Å². The average molecular weight is 535 g/mol. The van der Waals surface area contributed by atoms with Gasteiger partial charge in [-0.2, -0.15) is 9.36 Å². The summed E-state index contributed by atoms with van der Waals surface area (Å²) in [6.07, 6.45) is 1.98. The SMILES string of the molecule is CCCn1nnn(CCN2CCC(C(=O)OC)(N(C(=O)CC)c3ccccc3)CC2)c1=O.O=C(O)C(=O)O. The van der Waals surface area contributed by atoms with Gasteiger partial charge < -0.3 is 19.8 Å². The van der Waals surface area contributed by atoms with Crippen molar-refractivity contribution in [1.82, 2.24) is 24.7 Å². The highest BCUT2D eigenvalue weighted by Gasteiger charge is 2.49. The van der Waals surface area contributed by atoms with Crippen molar-refractivity contribution >= 4 is 29.5 Å². The van der Waals surface area contributed by atoms with Crippen molar-refractivity contribution in [1.29, 1.82) is 0 Å². The van der Waals surface area contributed by atoms with Crippen LogP contribution in [0, 0.1) is 0 Å². The van der Waals surface area contributed by atoms with Gasteiger partial charge in [-0.15, -0.1) is 0 Å². The maximum atomic E-state index is 13.0. The van der Waals surface area contributed by atoms with E-state index in [1.54, 1.807) is 11.8 Å². The number of tetrazole rings is 1. The Morgan fingerprint density at radius 3 is 1.97 bits per heavy atom. The largest absolute Gasteiger partial charge is 0.473 e. The number of rotatable bonds is 9. The number of anilines is 1. The van der Waals surface area contributed by atoms with Crippen molar-refractivity contribution in [2.45, 2.75) is 58.2 Å². The number of piperidine rings is 1. The number of hydrogen-bond donors (Lipinski definition) is 2. The normalized spacial score (nSPS) is 14.6. The van der Waals surface area contributed by atoms with Gasteiger partial charge in [0.2, 0.25) is 5.91 Å². The van der Waals surface area contributed by atoms with Crippen LogP contribution in [0.25, 0.3) is 0 Å². The summed E-state index contributed by atoms with van der Waals surface area (Å²) in [5.74, 6) is -4.17. The molecule has 0 atom stereocenters. The third kappa shape index (κ3) is 7.25. The number of nitrogens with zero attached hydrogens (tertiary/aromatic N) is 6. The molecule has 0 aliphatic carbocycles. The number of carbonyl (C=O) groups excluding carboxylic acids is 2. The number of hydrogen-bond acceptors (Lipinski definition) is 9. The number of benzene rings is 1. The molecule has 1 fully saturated rings. The lowest BCUT2D eigenvalue weighted by molar-refractivity contribution is -0.159. The fraction of sp³-hybridized carbons (Fsp3) is 0.542. The summed E-state index contributed by atoms with van der Waals surface area (Å²) in [6.45, 7) is 6.53. The Morgan fingerprint density at radius 1 is 0.947 bits per heavy atom. The number of aryl methyl sites for hydroxylation is 1. The molecule has 1 aliphatic rings. The molecule has 1 aromatic carbocycles. The molecule has 0 spiro atoms. The molecule has 208 valence electrons. The predicted molar refractivity (Wildman–Crippen MR) is 134 cm³/mol. The zero-order valence-electron chi connectivity index (χ0n) is 21.8. The molecule has 0 radical (unpaired) electrons. The monoisotopic (exact) mass is 534 g/mol. The van der Waals surface area contributed by atoms with E-state index >= 15 is 0 Å². The minimum absolute atomic E-state index is 0.117. The lowest BCUT2D eigenvalue weighted by Crippen LogP contribution is -2.62. The molecular weight excluding hydrogens is 500 g/mol. The van der Waals surface area contributed by atoms with E-state index in [4.69, 9.17) is 24.5 Å². The number of ether oxygens (including phenoxy) is 1. The Bertz CT molecular complexity index is 1140. The molecule has 38 heavy (non-hydrogen) atoms. The second-order valence-corrected chi connectivity index (χ2v) is 8.60. The van der Waals surface area contributed by atoms with E-state index in [0.717, 1.165) is 6.42 Å². The quantitative estimate of drug-likeness (QED) is 0.337. The van der Waals surface area contributed by atoms with Gasteiger partial charge in [-0.1, -0.05) is 32.0 Å². The molecule has 14 heteroatoms. The third-order valence-corrected chi connectivity index (χ3v) is 6.19. The summed E-state index contributed by atoms with van der Waals surface area (Å²) in [4.78, 5) is 60.3. The van der Waals surface area contributed by atoms with Crippen molar-refractivity contribution < 1.29 is 34.1 Å². The first-order valence-corrected chi connectivity index (χ1v) is 12.3. The van der Waals surface area contributed by atoms with Crippen molar-refractivity contribution in [2.24, 2.45) is 0 Å². The Labute approximate surface area is 219 Å². The van der Waals surface area contributed by atoms with Gasteiger partial charge in [0.05, 0.1) is 13.7 Å². The van der Waals surface area contributed by atoms with E-state index in [9.17, 15) is 14.4 Å². The summed E-state index contributed by atoms with van der Waals surface area (Å²) >= 11 is 0. The minimum Gasteiger partial charge on any atom is -0.473 e. The van der Waals surface area contributed by atoms with E-state index in [2.05, 4.69) is 15.3 Å². The van der Waals surface area contributed by atoms with Crippen molar-refractivity contribution in [3.63, 3.8) is 0 Å². The summed E-state index contributed by atoms with van der Waals surface area (Å²) in [6, 6.07) is 9.28. The molecule has 2 aromatic rings. The molecule has 0 bridgehead atoms. The highest BCUT2D eigenvalue weighted by Crippen LogP contribution is 2.35. The minimum atomic E-state index is -1.82. The number of amides is 1. The number of carbonyl (C=O) groups is 4. The number of para-hydroxylation sites is 1. The zero-order chi connectivity index (χ0) is 28.3. The second-order valence-electron chi connectivity index (χ2n) is 8.60. The topological polar surface area (TPSA) is 177 Å². The molecule has 2 N–H and O–H groups in total. The molecule has 14 nitrogen and oxygen atoms in total. The van der Waals surface area contributed by atoms with Crippen LogP contribution in [0.5, 0.6) is 0 Å². The fourth-order valence-corrected chi connectivity index (χ4v) is 4.26. The fourth-order valence-electron chi connectivity index (χ4n) is 4.26. The predicted octanol–water partition coefficient (Wildman–Crippen LogP) is 0.456. The number of methoxy groups -OCH3 is 1. The maximum absolute atomic E-state index is 13.0. The Balaban J connectivity index is 0.000000757. The van der Waals surface area contributed by atoms with Gasteiger partial charge in [-0.3, -0.25) is 9.69 Å². The average Bonchev–Trinajstić information content (AvgIpc) is 3.27. The number of aromatic nitrogens is 4. The van der Waals surface area contributed by atoms with Gasteiger partial charge in [-0.05, 0) is 41.8 Å². The van der Waals surface area contributed by atoms with Crippen LogP contribution in [0.3, 0.4) is 0 Å². The van der Waals surface area contributed by atoms with Crippen LogP contribution in [0.15, 0.2) is 35.1 Å². The number of carboxylic acids is 2. The molecule has 1 saturated heterocycles. The Kier molecular flexibility index (Phi) is 11.1. The summed E-state index contributed by atoms with van der Waals surface area (Å²) in [5.41, 5.74) is -0.574. The van der Waals surface area contributed by atoms with Crippen LogP contribution >= 0.6 is 0 Å². The lowest BCUT2D eigenvalue weighted by Gasteiger charge is -2.46. The van der Waals surface area contributed by atoms with Crippen molar-refractivity contribution in [2.75, 3.05) is 31.6 Å². The van der Waals surface area contributed by atoms with Crippen LogP contribution in [0.4, 0.5) is 5.69 Å². The van der Waals surface area contributed by atoms with Crippen LogP contribution < -0.4 is 10.6 Å². The van der Waals surface area contributed by atoms with E-state index in [-0.39, 0.29) is 18.0 Å². The molecule has 1 aliphatic heterocycles. The molecule has 0 unspecified atom stereocenters. The highest BCUT2D eigenvalue weighted by molar-refractivity contribution is 6.27. The number of aliphatic carboxylic acids is 2. The van der Waals surface area contributed by atoms with E-state index in [1.807, 2.05) is 37.3 Å². The molecular formula is C24H34N6O8. The van der Waals surface area contributed by atoms with Gasteiger partial charge in [0.25, 0.3) is 0 Å². The van der Waals surface area contributed by atoms with Crippen LogP contribution in [0.2, 0.25) is 0 Å². The van der Waals surface area contributed by atoms with E-state index in [1.165, 1.54) is 16.5 Å². The first kappa shape index (κ1) is 30.2. The zero-order valence-corrected chi connectivity index (χ0v) is 21.8. The van der Waals surface area contributed by atoms with Crippen molar-refractivity contribution in [3.8, 4) is 0 Å². The molecule has 0 saturated carbocycles. The summed E-state index contributed by atoms with van der Waals surface area (Å²) in [5, 5.41) is 22.6. The Morgan fingerprint density at radius 2 is 1.50 bits per heavy atom. The standard InChI is InChI=1S/C22H32N6O4.C2H2O4/c1-4-13-26-21(31)27(24-23-26)17-16-25-14-11-22(12-15-25,20(30)32-3)28(19(29)5-2)18-9-7-6-8-10-18;3-1(4)2(5)6/h6-10H,4-5,11-17H2,1-3H3;(H,3,4)(H,5,6). The first-order chi connectivity index (χ1) is 18.1.